The highest BCUT2D eigenvalue weighted by Gasteiger charge is 2.25. The van der Waals surface area contributed by atoms with Crippen LogP contribution in [-0.4, -0.2) is 43.5 Å². The lowest BCUT2D eigenvalue weighted by atomic mass is 10.1. The Kier molecular flexibility index (Phi) is 3.27. The number of β-amino-alcohol motifs (C(OH)–C–C–N with tert-alkyl or cyclic N) is 1. The maximum absolute atomic E-state index is 12.0. The van der Waals surface area contributed by atoms with Crippen LogP contribution in [0.4, 0.5) is 0 Å². The Morgan fingerprint density at radius 2 is 2.21 bits per heavy atom. The summed E-state index contributed by atoms with van der Waals surface area (Å²) >= 11 is 0. The Hall–Kier alpha value is -1.79. The summed E-state index contributed by atoms with van der Waals surface area (Å²) in [5, 5.41) is 15.6. The van der Waals surface area contributed by atoms with Gasteiger partial charge in [-0.25, -0.2) is 0 Å². The molecule has 1 aromatic carbocycles. The molecule has 0 bridgehead atoms. The van der Waals surface area contributed by atoms with E-state index >= 15 is 0 Å². The number of rotatable bonds is 3. The Balaban J connectivity index is 1.61. The maximum Gasteiger partial charge on any atom is 0.251 e. The van der Waals surface area contributed by atoms with Gasteiger partial charge < -0.3 is 25.2 Å². The summed E-state index contributed by atoms with van der Waals surface area (Å²) in [6, 6.07) is 5.09. The Labute approximate surface area is 110 Å². The van der Waals surface area contributed by atoms with E-state index in [0.29, 0.717) is 30.2 Å². The van der Waals surface area contributed by atoms with Gasteiger partial charge in [0, 0.05) is 31.1 Å². The van der Waals surface area contributed by atoms with Crippen molar-refractivity contribution in [2.75, 3.05) is 26.4 Å². The van der Waals surface area contributed by atoms with Crippen LogP contribution in [0.1, 0.15) is 10.4 Å². The summed E-state index contributed by atoms with van der Waals surface area (Å²) in [5.41, 5.74) is 0.532. The number of amides is 1. The zero-order chi connectivity index (χ0) is 13.2. The predicted molar refractivity (Wildman–Crippen MR) is 67.3 cm³/mol. The minimum absolute atomic E-state index is 0.0676. The third-order valence-corrected chi connectivity index (χ3v) is 3.46. The molecular formula is C13H16N2O4. The van der Waals surface area contributed by atoms with Gasteiger partial charge in [-0.2, -0.15) is 0 Å². The second kappa shape index (κ2) is 5.07. The largest absolute Gasteiger partial charge is 0.454 e. The molecule has 102 valence electrons. The molecule has 19 heavy (non-hydrogen) atoms. The van der Waals surface area contributed by atoms with Gasteiger partial charge in [0.2, 0.25) is 6.79 Å². The number of aliphatic hydroxyl groups excluding tert-OH is 1. The van der Waals surface area contributed by atoms with Gasteiger partial charge in [-0.1, -0.05) is 0 Å². The number of nitrogens with one attached hydrogen (secondary N) is 2. The van der Waals surface area contributed by atoms with Crippen LogP contribution in [0.25, 0.3) is 0 Å². The van der Waals surface area contributed by atoms with Crippen molar-refractivity contribution in [1.82, 2.24) is 10.6 Å². The Morgan fingerprint density at radius 3 is 3.00 bits per heavy atom. The van der Waals surface area contributed by atoms with E-state index in [1.807, 2.05) is 0 Å². The molecule has 2 atom stereocenters. The Morgan fingerprint density at radius 1 is 1.37 bits per heavy atom. The third-order valence-electron chi connectivity index (χ3n) is 3.46. The molecule has 0 spiro atoms. The van der Waals surface area contributed by atoms with Crippen LogP contribution in [-0.2, 0) is 0 Å². The number of hydrogen-bond donors (Lipinski definition) is 3. The van der Waals surface area contributed by atoms with Gasteiger partial charge >= 0.3 is 0 Å². The normalized spacial score (nSPS) is 24.5. The fraction of sp³-hybridized carbons (Fsp3) is 0.462. The van der Waals surface area contributed by atoms with Crippen LogP contribution in [0.5, 0.6) is 11.5 Å². The van der Waals surface area contributed by atoms with E-state index in [1.54, 1.807) is 18.2 Å². The maximum atomic E-state index is 12.0. The summed E-state index contributed by atoms with van der Waals surface area (Å²) in [5.74, 6) is 1.15. The summed E-state index contributed by atoms with van der Waals surface area (Å²) in [6.07, 6.45) is -0.392. The van der Waals surface area contributed by atoms with Crippen molar-refractivity contribution in [1.29, 1.82) is 0 Å². The first kappa shape index (κ1) is 12.3. The van der Waals surface area contributed by atoms with E-state index < -0.39 is 6.10 Å². The molecule has 2 heterocycles. The van der Waals surface area contributed by atoms with Crippen LogP contribution in [0.2, 0.25) is 0 Å². The summed E-state index contributed by atoms with van der Waals surface area (Å²) < 4.78 is 10.4. The number of carbonyl (C=O) groups is 1. The van der Waals surface area contributed by atoms with E-state index in [4.69, 9.17) is 9.47 Å². The lowest BCUT2D eigenvalue weighted by Crippen LogP contribution is -2.34. The van der Waals surface area contributed by atoms with E-state index in [-0.39, 0.29) is 18.6 Å². The van der Waals surface area contributed by atoms with Crippen molar-refractivity contribution in [3.63, 3.8) is 0 Å². The fourth-order valence-corrected chi connectivity index (χ4v) is 2.29. The SMILES string of the molecule is O=C(NCC1CNCC1O)c1ccc2c(c1)OCO2. The van der Waals surface area contributed by atoms with Crippen LogP contribution in [0.15, 0.2) is 18.2 Å². The van der Waals surface area contributed by atoms with E-state index in [0.717, 1.165) is 6.54 Å². The monoisotopic (exact) mass is 264 g/mol. The molecule has 3 N–H and O–H groups in total. The molecule has 2 unspecified atom stereocenters. The highest BCUT2D eigenvalue weighted by Crippen LogP contribution is 2.32. The lowest BCUT2D eigenvalue weighted by Gasteiger charge is -2.14. The lowest BCUT2D eigenvalue weighted by molar-refractivity contribution is 0.0926. The van der Waals surface area contributed by atoms with Crippen molar-refractivity contribution in [3.8, 4) is 11.5 Å². The van der Waals surface area contributed by atoms with Gasteiger partial charge in [0.25, 0.3) is 5.91 Å². The number of ether oxygens (including phenoxy) is 2. The molecule has 0 saturated carbocycles. The number of benzene rings is 1. The van der Waals surface area contributed by atoms with Crippen LogP contribution in [0.3, 0.4) is 0 Å². The van der Waals surface area contributed by atoms with Crippen molar-refractivity contribution in [2.45, 2.75) is 6.10 Å². The van der Waals surface area contributed by atoms with Crippen molar-refractivity contribution in [3.05, 3.63) is 23.8 Å². The quantitative estimate of drug-likeness (QED) is 0.700. The highest BCUT2D eigenvalue weighted by atomic mass is 16.7. The van der Waals surface area contributed by atoms with Crippen LogP contribution < -0.4 is 20.1 Å². The van der Waals surface area contributed by atoms with Gasteiger partial charge in [-0.15, -0.1) is 0 Å². The predicted octanol–water partition coefficient (Wildman–Crippen LogP) is -0.275. The van der Waals surface area contributed by atoms with Gasteiger partial charge in [0.15, 0.2) is 11.5 Å². The number of fused-ring (bicyclic) bond motifs is 1. The molecule has 2 aliphatic heterocycles. The van der Waals surface area contributed by atoms with Crippen LogP contribution in [0, 0.1) is 5.92 Å². The first-order valence-corrected chi connectivity index (χ1v) is 6.30. The number of carbonyl (C=O) groups excluding carboxylic acids is 1. The van der Waals surface area contributed by atoms with Crippen molar-refractivity contribution >= 4 is 5.91 Å². The van der Waals surface area contributed by atoms with Gasteiger partial charge in [-0.05, 0) is 18.2 Å². The van der Waals surface area contributed by atoms with Crippen molar-refractivity contribution < 1.29 is 19.4 Å². The van der Waals surface area contributed by atoms with Crippen molar-refractivity contribution in [2.24, 2.45) is 5.92 Å². The summed E-state index contributed by atoms with van der Waals surface area (Å²) in [6.45, 7) is 1.97. The minimum atomic E-state index is -0.392. The molecule has 0 aromatic heterocycles. The average molecular weight is 264 g/mol. The topological polar surface area (TPSA) is 79.8 Å². The van der Waals surface area contributed by atoms with E-state index in [1.165, 1.54) is 0 Å². The highest BCUT2D eigenvalue weighted by molar-refractivity contribution is 5.94. The second-order valence-corrected chi connectivity index (χ2v) is 4.76. The van der Waals surface area contributed by atoms with E-state index in [9.17, 15) is 9.90 Å². The number of hydrogen-bond acceptors (Lipinski definition) is 5. The fourth-order valence-electron chi connectivity index (χ4n) is 2.29. The van der Waals surface area contributed by atoms with Crippen LogP contribution >= 0.6 is 0 Å². The average Bonchev–Trinajstić information content (AvgIpc) is 3.03. The zero-order valence-corrected chi connectivity index (χ0v) is 10.4. The smallest absolute Gasteiger partial charge is 0.251 e. The molecule has 0 radical (unpaired) electrons. The van der Waals surface area contributed by atoms with Gasteiger partial charge in [-0.3, -0.25) is 4.79 Å². The molecule has 0 aliphatic carbocycles. The molecule has 1 fully saturated rings. The minimum Gasteiger partial charge on any atom is -0.454 e. The molecule has 1 saturated heterocycles. The Bertz CT molecular complexity index is 492. The molecule has 3 rings (SSSR count). The second-order valence-electron chi connectivity index (χ2n) is 4.76. The van der Waals surface area contributed by atoms with Gasteiger partial charge in [0.1, 0.15) is 0 Å². The summed E-state index contributed by atoms with van der Waals surface area (Å²) in [4.78, 5) is 12.0. The third kappa shape index (κ3) is 2.50. The standard InChI is InChI=1S/C13H16N2O4/c16-10-6-14-4-9(10)5-15-13(17)8-1-2-11-12(3-8)19-7-18-11/h1-3,9-10,14,16H,4-7H2,(H,15,17). The van der Waals surface area contributed by atoms with E-state index in [2.05, 4.69) is 10.6 Å². The molecular weight excluding hydrogens is 248 g/mol. The molecule has 6 heteroatoms. The molecule has 2 aliphatic rings. The molecule has 1 amide bonds. The first-order valence-electron chi connectivity index (χ1n) is 6.30. The molecule has 1 aromatic rings. The number of aliphatic hydroxyl groups is 1. The first-order chi connectivity index (χ1) is 9.24. The zero-order valence-electron chi connectivity index (χ0n) is 10.4. The summed E-state index contributed by atoms with van der Waals surface area (Å²) in [7, 11) is 0. The molecule has 6 nitrogen and oxygen atoms in total. The van der Waals surface area contributed by atoms with Gasteiger partial charge in [0.05, 0.1) is 6.10 Å².